The van der Waals surface area contributed by atoms with Gasteiger partial charge < -0.3 is 37.3 Å². The molecule has 1 aromatic rings. The van der Waals surface area contributed by atoms with Gasteiger partial charge in [-0.05, 0) is 86.1 Å². The summed E-state index contributed by atoms with van der Waals surface area (Å²) in [5, 5.41) is 14.3. The second kappa shape index (κ2) is 17.8. The first-order valence-corrected chi connectivity index (χ1v) is 31.1. The molecule has 2 saturated carbocycles. The van der Waals surface area contributed by atoms with Gasteiger partial charge in [0.05, 0.1) is 30.3 Å². The highest BCUT2D eigenvalue weighted by Crippen LogP contribution is 2.67. The van der Waals surface area contributed by atoms with Crippen LogP contribution in [0, 0.1) is 16.7 Å². The van der Waals surface area contributed by atoms with Gasteiger partial charge in [-0.2, -0.15) is 0 Å². The Morgan fingerprint density at radius 1 is 0.783 bits per heavy atom. The van der Waals surface area contributed by atoms with Crippen LogP contribution in [0.1, 0.15) is 106 Å². The van der Waals surface area contributed by atoms with E-state index in [0.717, 1.165) is 47.4 Å². The van der Waals surface area contributed by atoms with Crippen molar-refractivity contribution in [2.24, 2.45) is 16.7 Å². The molecule has 60 heavy (non-hydrogen) atoms. The quantitative estimate of drug-likeness (QED) is 0.0736. The maximum Gasteiger partial charge on any atom is 0.338 e. The highest BCUT2D eigenvalue weighted by Gasteiger charge is 2.79. The zero-order valence-corrected chi connectivity index (χ0v) is 42.3. The molecule has 1 saturated heterocycles. The standard InChI is InChI=1S/C46H76O11Si3/c1-16-59(17-2,18-3)56-35-27-36-45(29-51-36,54-32(9)48)39-41(53-42(49)33-25-23-22-24-26-33)46(50)28-34(55-58(13,14)15)30(7)37(43(46,10)11)38(57-60(19-4,20-5)21-6)40(44(35,39)12)52-31(8)47/h22-26,34-36,38-41,50H,16-21,27-29H2,1-15H3/t34-,35-,36+,38+,39?,40+,41-,44+,45-,46+/m0/s1. The Bertz CT molecular complexity index is 1740. The lowest BCUT2D eigenvalue weighted by Crippen LogP contribution is -2.83. The van der Waals surface area contributed by atoms with E-state index in [0.29, 0.717) is 12.0 Å². The van der Waals surface area contributed by atoms with Crippen LogP contribution in [0.15, 0.2) is 41.5 Å². The maximum atomic E-state index is 14.8. The molecule has 338 valence electrons. The van der Waals surface area contributed by atoms with Crippen molar-refractivity contribution in [3.63, 3.8) is 0 Å². The molecule has 0 amide bonds. The Labute approximate surface area is 363 Å². The summed E-state index contributed by atoms with van der Waals surface area (Å²) in [5.74, 6) is -2.67. The van der Waals surface area contributed by atoms with Crippen LogP contribution in [0.2, 0.25) is 55.9 Å². The van der Waals surface area contributed by atoms with Crippen molar-refractivity contribution >= 4 is 42.9 Å². The molecule has 3 fully saturated rings. The molecule has 0 spiro atoms. The molecule has 14 heteroatoms. The molecule has 1 aromatic carbocycles. The van der Waals surface area contributed by atoms with Gasteiger partial charge in [0.2, 0.25) is 0 Å². The average Bonchev–Trinajstić information content (AvgIpc) is 3.18. The molecule has 10 atom stereocenters. The van der Waals surface area contributed by atoms with Gasteiger partial charge >= 0.3 is 17.9 Å². The van der Waals surface area contributed by atoms with Crippen LogP contribution < -0.4 is 0 Å². The average molecular weight is 889 g/mol. The zero-order chi connectivity index (χ0) is 44.9. The van der Waals surface area contributed by atoms with Crippen LogP contribution in [0.4, 0.5) is 0 Å². The van der Waals surface area contributed by atoms with Gasteiger partial charge in [-0.25, -0.2) is 4.79 Å². The topological polar surface area (TPSA) is 136 Å². The number of hydrogen-bond acceptors (Lipinski definition) is 11. The number of carbonyl (C=O) groups is 3. The molecule has 4 aliphatic rings. The number of rotatable bonds is 16. The molecule has 3 aliphatic carbocycles. The van der Waals surface area contributed by atoms with Gasteiger partial charge in [-0.3, -0.25) is 9.59 Å². The molecule has 0 radical (unpaired) electrons. The third-order valence-corrected chi connectivity index (χ3v) is 25.7. The maximum absolute atomic E-state index is 14.8. The fraction of sp³-hybridized carbons (Fsp3) is 0.761. The molecule has 1 N–H and O–H groups in total. The summed E-state index contributed by atoms with van der Waals surface area (Å²) in [5.41, 5.74) is -3.68. The van der Waals surface area contributed by atoms with Crippen molar-refractivity contribution in [1.82, 2.24) is 0 Å². The number of aliphatic hydroxyl groups is 1. The summed E-state index contributed by atoms with van der Waals surface area (Å²) in [7, 11) is -7.35. The van der Waals surface area contributed by atoms with Crippen molar-refractivity contribution < 1.29 is 51.7 Å². The number of benzene rings is 1. The summed E-state index contributed by atoms with van der Waals surface area (Å²) < 4.78 is 49.3. The van der Waals surface area contributed by atoms with Crippen molar-refractivity contribution in [3.05, 3.63) is 47.0 Å². The van der Waals surface area contributed by atoms with E-state index >= 15 is 0 Å². The molecule has 11 nitrogen and oxygen atoms in total. The molecule has 1 unspecified atom stereocenters. The fourth-order valence-corrected chi connectivity index (χ4v) is 18.4. The second-order valence-corrected chi connectivity index (χ2v) is 33.8. The van der Waals surface area contributed by atoms with Crippen molar-refractivity contribution in [2.75, 3.05) is 6.61 Å². The second-order valence-electron chi connectivity index (χ2n) is 19.9. The molecule has 0 aromatic heterocycles. The Morgan fingerprint density at radius 2 is 1.33 bits per heavy atom. The largest absolute Gasteiger partial charge is 0.459 e. The van der Waals surface area contributed by atoms with Crippen LogP contribution in [0.25, 0.3) is 0 Å². The lowest BCUT2D eigenvalue weighted by Gasteiger charge is -2.70. The van der Waals surface area contributed by atoms with Gasteiger partial charge in [0.15, 0.2) is 30.6 Å². The minimum atomic E-state index is -2.57. The summed E-state index contributed by atoms with van der Waals surface area (Å²) in [6, 6.07) is 13.7. The SMILES string of the molecule is CC[Si](CC)(CC)O[C@@H]1C2=C(C)[C@@H](O[Si](C)(C)C)C[C@@](O)([C@@H](OC(=O)c3ccccc3)C3[C@@](C)([C@@H](O[Si](CC)(CC)CC)C[C@H]4OC[C@@]34OC(C)=O)[C@@H]1OC(C)=O)C2(C)C. The first-order chi connectivity index (χ1) is 27.9. The first kappa shape index (κ1) is 48.8. The number of ether oxygens (including phenoxy) is 4. The molecule has 1 aliphatic heterocycles. The third kappa shape index (κ3) is 8.34. The van der Waals surface area contributed by atoms with Crippen LogP contribution in [0.5, 0.6) is 0 Å². The summed E-state index contributed by atoms with van der Waals surface area (Å²) in [6.45, 7) is 30.3. The molecular weight excluding hydrogens is 813 g/mol. The first-order valence-electron chi connectivity index (χ1n) is 22.7. The van der Waals surface area contributed by atoms with Crippen LogP contribution >= 0.6 is 0 Å². The highest BCUT2D eigenvalue weighted by atomic mass is 28.4. The Kier molecular flexibility index (Phi) is 14.5. The third-order valence-electron chi connectivity index (χ3n) is 15.5. The summed E-state index contributed by atoms with van der Waals surface area (Å²) in [6.07, 6.45) is -4.71. The van der Waals surface area contributed by atoms with Crippen LogP contribution in [0.3, 0.4) is 0 Å². The summed E-state index contributed by atoms with van der Waals surface area (Å²) in [4.78, 5) is 42.2. The summed E-state index contributed by atoms with van der Waals surface area (Å²) >= 11 is 0. The van der Waals surface area contributed by atoms with Crippen LogP contribution in [-0.4, -0.2) is 102 Å². The smallest absolute Gasteiger partial charge is 0.338 e. The Hall–Kier alpha value is -2.18. The predicted molar refractivity (Wildman–Crippen MR) is 240 cm³/mol. The number of carbonyl (C=O) groups excluding carboxylic acids is 3. The lowest BCUT2D eigenvalue weighted by molar-refractivity contribution is -0.363. The van der Waals surface area contributed by atoms with Gasteiger partial charge in [0, 0.05) is 37.5 Å². The van der Waals surface area contributed by atoms with E-state index in [4.69, 9.17) is 32.2 Å². The number of fused-ring (bicyclic) bond motifs is 5. The van der Waals surface area contributed by atoms with E-state index < -0.39 is 107 Å². The monoisotopic (exact) mass is 888 g/mol. The van der Waals surface area contributed by atoms with Crippen LogP contribution in [-0.2, 0) is 41.8 Å². The fourth-order valence-electron chi connectivity index (χ4n) is 11.6. The predicted octanol–water partition coefficient (Wildman–Crippen LogP) is 9.36. The minimum absolute atomic E-state index is 0.00946. The van der Waals surface area contributed by atoms with E-state index in [2.05, 4.69) is 68.1 Å². The number of esters is 3. The Morgan fingerprint density at radius 3 is 1.80 bits per heavy atom. The van der Waals surface area contributed by atoms with E-state index in [1.165, 1.54) is 13.8 Å². The lowest BCUT2D eigenvalue weighted by atomic mass is 9.44. The minimum Gasteiger partial charge on any atom is -0.459 e. The van der Waals surface area contributed by atoms with Crippen molar-refractivity contribution in [1.29, 1.82) is 0 Å². The zero-order valence-electron chi connectivity index (χ0n) is 39.3. The number of hydrogen-bond donors (Lipinski definition) is 1. The van der Waals surface area contributed by atoms with E-state index in [9.17, 15) is 19.5 Å². The normalized spacial score (nSPS) is 34.0. The van der Waals surface area contributed by atoms with Crippen molar-refractivity contribution in [2.45, 2.75) is 200 Å². The van der Waals surface area contributed by atoms with Gasteiger partial charge in [-0.1, -0.05) is 80.5 Å². The molecule has 1 heterocycles. The van der Waals surface area contributed by atoms with Gasteiger partial charge in [0.1, 0.15) is 30.0 Å². The van der Waals surface area contributed by atoms with E-state index in [-0.39, 0.29) is 13.0 Å². The van der Waals surface area contributed by atoms with Gasteiger partial charge in [0.25, 0.3) is 0 Å². The van der Waals surface area contributed by atoms with Gasteiger partial charge in [-0.15, -0.1) is 0 Å². The van der Waals surface area contributed by atoms with E-state index in [1.54, 1.807) is 24.3 Å². The molecule has 2 bridgehead atoms. The Balaban J connectivity index is 2.02. The highest BCUT2D eigenvalue weighted by molar-refractivity contribution is 6.74. The van der Waals surface area contributed by atoms with E-state index in [1.807, 2.05) is 26.8 Å². The molecule has 5 rings (SSSR count). The molecular formula is C46H76O11Si3. The van der Waals surface area contributed by atoms with Crippen molar-refractivity contribution in [3.8, 4) is 0 Å².